The van der Waals surface area contributed by atoms with Gasteiger partial charge in [-0.25, -0.2) is 4.79 Å². The molecule has 2 heterocycles. The molecule has 0 spiro atoms. The smallest absolute Gasteiger partial charge is 0.348 e. The lowest BCUT2D eigenvalue weighted by Crippen LogP contribution is -2.33. The van der Waals surface area contributed by atoms with Crippen molar-refractivity contribution in [3.8, 4) is 0 Å². The highest BCUT2D eigenvalue weighted by Crippen LogP contribution is 2.25. The van der Waals surface area contributed by atoms with E-state index < -0.39 is 11.9 Å². The van der Waals surface area contributed by atoms with E-state index >= 15 is 0 Å². The number of aromatic carboxylic acids is 1. The Morgan fingerprint density at radius 1 is 1.50 bits per heavy atom. The minimum Gasteiger partial charge on any atom is -0.477 e. The molecule has 0 bridgehead atoms. The number of nitrogens with one attached hydrogen (secondary N) is 1. The van der Waals surface area contributed by atoms with Crippen molar-refractivity contribution >= 4 is 34.8 Å². The predicted octanol–water partition coefficient (Wildman–Crippen LogP) is 1.64. The molecule has 1 aliphatic rings. The summed E-state index contributed by atoms with van der Waals surface area (Å²) in [6.45, 7) is 4.19. The first-order valence-electron chi connectivity index (χ1n) is 6.31. The summed E-state index contributed by atoms with van der Waals surface area (Å²) in [6.07, 6.45) is 0.177. The summed E-state index contributed by atoms with van der Waals surface area (Å²) < 4.78 is 0. The van der Waals surface area contributed by atoms with Gasteiger partial charge in [-0.15, -0.1) is 11.3 Å². The van der Waals surface area contributed by atoms with Crippen LogP contribution in [0.2, 0.25) is 0 Å². The van der Waals surface area contributed by atoms with Crippen molar-refractivity contribution in [1.82, 2.24) is 4.90 Å². The lowest BCUT2D eigenvalue weighted by atomic mass is 10.1. The zero-order chi connectivity index (χ0) is 14.9. The zero-order valence-electron chi connectivity index (χ0n) is 11.3. The number of likely N-dealkylation sites (tertiary alicyclic amines) is 1. The molecule has 1 saturated heterocycles. The van der Waals surface area contributed by atoms with Crippen LogP contribution in [0.1, 0.15) is 29.9 Å². The first-order valence-corrected chi connectivity index (χ1v) is 7.19. The van der Waals surface area contributed by atoms with Crippen LogP contribution in [0.3, 0.4) is 0 Å². The number of amides is 2. The molecule has 2 rings (SSSR count). The van der Waals surface area contributed by atoms with Crippen molar-refractivity contribution in [2.24, 2.45) is 5.92 Å². The molecule has 108 valence electrons. The first kappa shape index (κ1) is 14.5. The van der Waals surface area contributed by atoms with Crippen LogP contribution in [0, 0.1) is 5.92 Å². The Hall–Kier alpha value is -1.89. The maximum atomic E-state index is 12.1. The average molecular weight is 296 g/mol. The number of thiophene rings is 1. The Morgan fingerprint density at radius 3 is 2.75 bits per heavy atom. The number of rotatable bonds is 4. The minimum atomic E-state index is -1.07. The second-order valence-corrected chi connectivity index (χ2v) is 5.91. The van der Waals surface area contributed by atoms with Crippen LogP contribution in [-0.2, 0) is 9.59 Å². The van der Waals surface area contributed by atoms with Crippen molar-refractivity contribution in [2.75, 3.05) is 11.9 Å². The fourth-order valence-electron chi connectivity index (χ4n) is 2.21. The summed E-state index contributed by atoms with van der Waals surface area (Å²) in [7, 11) is 0. The number of carbonyl (C=O) groups is 3. The van der Waals surface area contributed by atoms with Gasteiger partial charge in [-0.05, 0) is 25.3 Å². The van der Waals surface area contributed by atoms with Crippen LogP contribution >= 0.6 is 11.3 Å². The standard InChI is InChI=1S/C13H16N2O4S/c1-7(2)15-6-8(5-10(15)16)12(17)14-9-3-4-20-11(9)13(18)19/h3-4,7-8H,5-6H2,1-2H3,(H,14,17)(H,18,19). The Morgan fingerprint density at radius 2 is 2.20 bits per heavy atom. The fraction of sp³-hybridized carbons (Fsp3) is 0.462. The summed E-state index contributed by atoms with van der Waals surface area (Å²) in [5.41, 5.74) is 0.294. The van der Waals surface area contributed by atoms with E-state index in [1.807, 2.05) is 13.8 Å². The van der Waals surface area contributed by atoms with Crippen LogP contribution in [0.25, 0.3) is 0 Å². The largest absolute Gasteiger partial charge is 0.477 e. The quantitative estimate of drug-likeness (QED) is 0.884. The normalized spacial score (nSPS) is 18.6. The highest BCUT2D eigenvalue weighted by atomic mass is 32.1. The molecule has 1 aromatic heterocycles. The maximum absolute atomic E-state index is 12.1. The number of nitrogens with zero attached hydrogens (tertiary/aromatic N) is 1. The van der Waals surface area contributed by atoms with Gasteiger partial charge in [0.05, 0.1) is 11.6 Å². The van der Waals surface area contributed by atoms with E-state index in [4.69, 9.17) is 5.11 Å². The van der Waals surface area contributed by atoms with Gasteiger partial charge in [0.25, 0.3) is 0 Å². The van der Waals surface area contributed by atoms with Gasteiger partial charge in [0.2, 0.25) is 11.8 Å². The van der Waals surface area contributed by atoms with Gasteiger partial charge in [0.1, 0.15) is 4.88 Å². The predicted molar refractivity (Wildman–Crippen MR) is 74.9 cm³/mol. The van der Waals surface area contributed by atoms with E-state index in [0.717, 1.165) is 11.3 Å². The Labute approximate surface area is 120 Å². The molecule has 1 aliphatic heterocycles. The molecule has 0 radical (unpaired) electrons. The van der Waals surface area contributed by atoms with Gasteiger partial charge in [-0.2, -0.15) is 0 Å². The van der Waals surface area contributed by atoms with Gasteiger partial charge >= 0.3 is 5.97 Å². The molecule has 1 fully saturated rings. The van der Waals surface area contributed by atoms with E-state index in [-0.39, 0.29) is 29.2 Å². The van der Waals surface area contributed by atoms with Crippen molar-refractivity contribution in [1.29, 1.82) is 0 Å². The molecule has 0 aliphatic carbocycles. The van der Waals surface area contributed by atoms with E-state index in [1.54, 1.807) is 16.3 Å². The van der Waals surface area contributed by atoms with Crippen LogP contribution < -0.4 is 5.32 Å². The summed E-state index contributed by atoms with van der Waals surface area (Å²) in [5.74, 6) is -1.83. The van der Waals surface area contributed by atoms with Crippen molar-refractivity contribution < 1.29 is 19.5 Å². The van der Waals surface area contributed by atoms with E-state index in [2.05, 4.69) is 5.32 Å². The third-order valence-corrected chi connectivity index (χ3v) is 4.17. The Bertz CT molecular complexity index is 552. The van der Waals surface area contributed by atoms with Gasteiger partial charge in [0, 0.05) is 19.0 Å². The van der Waals surface area contributed by atoms with Crippen molar-refractivity contribution in [2.45, 2.75) is 26.3 Å². The summed E-state index contributed by atoms with van der Waals surface area (Å²) in [5, 5.41) is 13.2. The number of carboxylic acid groups (broad SMARTS) is 1. The minimum absolute atomic E-state index is 0.0380. The number of carbonyl (C=O) groups excluding carboxylic acids is 2. The summed E-state index contributed by atoms with van der Waals surface area (Å²) in [6, 6.07) is 1.62. The highest BCUT2D eigenvalue weighted by molar-refractivity contribution is 7.12. The summed E-state index contributed by atoms with van der Waals surface area (Å²) in [4.78, 5) is 36.6. The van der Waals surface area contributed by atoms with Gasteiger partial charge in [-0.1, -0.05) is 0 Å². The molecule has 1 unspecified atom stereocenters. The molecular weight excluding hydrogens is 280 g/mol. The lowest BCUT2D eigenvalue weighted by molar-refractivity contribution is -0.129. The second-order valence-electron chi connectivity index (χ2n) is 5.00. The number of carboxylic acids is 1. The van der Waals surface area contributed by atoms with Crippen LogP contribution in [0.4, 0.5) is 5.69 Å². The number of hydrogen-bond acceptors (Lipinski definition) is 4. The van der Waals surface area contributed by atoms with E-state index in [1.165, 1.54) is 0 Å². The molecular formula is C13H16N2O4S. The van der Waals surface area contributed by atoms with Crippen molar-refractivity contribution in [3.63, 3.8) is 0 Å². The van der Waals surface area contributed by atoms with Crippen LogP contribution in [0.15, 0.2) is 11.4 Å². The molecule has 7 heteroatoms. The third kappa shape index (κ3) is 2.82. The Kier molecular flexibility index (Phi) is 4.08. The molecule has 0 aromatic carbocycles. The first-order chi connectivity index (χ1) is 9.40. The van der Waals surface area contributed by atoms with Crippen molar-refractivity contribution in [3.05, 3.63) is 16.3 Å². The van der Waals surface area contributed by atoms with Crippen LogP contribution in [0.5, 0.6) is 0 Å². The molecule has 1 aromatic rings. The monoisotopic (exact) mass is 296 g/mol. The van der Waals surface area contributed by atoms with E-state index in [9.17, 15) is 14.4 Å². The van der Waals surface area contributed by atoms with Gasteiger partial charge in [0.15, 0.2) is 0 Å². The molecule has 2 N–H and O–H groups in total. The molecule has 6 nitrogen and oxygen atoms in total. The maximum Gasteiger partial charge on any atom is 0.348 e. The molecule has 20 heavy (non-hydrogen) atoms. The molecule has 2 amide bonds. The fourth-order valence-corrected chi connectivity index (χ4v) is 2.90. The van der Waals surface area contributed by atoms with Gasteiger partial charge in [-0.3, -0.25) is 9.59 Å². The SMILES string of the molecule is CC(C)N1CC(C(=O)Nc2ccsc2C(=O)O)CC1=O. The molecule has 1 atom stereocenters. The third-order valence-electron chi connectivity index (χ3n) is 3.27. The second kappa shape index (κ2) is 5.62. The van der Waals surface area contributed by atoms with Crippen LogP contribution in [-0.4, -0.2) is 40.4 Å². The average Bonchev–Trinajstić information content (AvgIpc) is 2.95. The van der Waals surface area contributed by atoms with E-state index in [0.29, 0.717) is 12.2 Å². The number of hydrogen-bond donors (Lipinski definition) is 2. The Balaban J connectivity index is 2.05. The zero-order valence-corrected chi connectivity index (χ0v) is 12.1. The number of anilines is 1. The molecule has 0 saturated carbocycles. The highest BCUT2D eigenvalue weighted by Gasteiger charge is 2.35. The summed E-state index contributed by atoms with van der Waals surface area (Å²) >= 11 is 1.06. The topological polar surface area (TPSA) is 86.7 Å². The lowest BCUT2D eigenvalue weighted by Gasteiger charge is -2.20. The van der Waals surface area contributed by atoms with Gasteiger partial charge < -0.3 is 15.3 Å².